The Morgan fingerprint density at radius 1 is 1.45 bits per heavy atom. The minimum absolute atomic E-state index is 0.0191. The standard InChI is InChI=1S/C13H20N2O4S/c1-9-13(7-10(8-16)19-9)20(17,18)14-11-4-6-15-5-2-3-12(11)15/h7,11-12,14,16H,2-6,8H2,1H3. The van der Waals surface area contributed by atoms with Gasteiger partial charge in [-0.2, -0.15) is 0 Å². The van der Waals surface area contributed by atoms with Crippen molar-refractivity contribution in [3.05, 3.63) is 17.6 Å². The number of nitrogens with one attached hydrogen (secondary N) is 1. The van der Waals surface area contributed by atoms with Gasteiger partial charge in [-0.1, -0.05) is 0 Å². The van der Waals surface area contributed by atoms with Crippen molar-refractivity contribution in [3.8, 4) is 0 Å². The van der Waals surface area contributed by atoms with Gasteiger partial charge in [0.2, 0.25) is 10.0 Å². The summed E-state index contributed by atoms with van der Waals surface area (Å²) in [7, 11) is -3.58. The zero-order valence-electron chi connectivity index (χ0n) is 11.5. The molecule has 1 aromatic rings. The van der Waals surface area contributed by atoms with Gasteiger partial charge >= 0.3 is 0 Å². The number of sulfonamides is 1. The SMILES string of the molecule is Cc1oc(CO)cc1S(=O)(=O)NC1CCN2CCCC12. The molecule has 2 saturated heterocycles. The van der Waals surface area contributed by atoms with E-state index in [2.05, 4.69) is 9.62 Å². The number of furan rings is 1. The van der Waals surface area contributed by atoms with Crippen LogP contribution >= 0.6 is 0 Å². The number of nitrogens with zero attached hydrogens (tertiary/aromatic N) is 1. The van der Waals surface area contributed by atoms with Crippen LogP contribution in [0.1, 0.15) is 30.8 Å². The van der Waals surface area contributed by atoms with E-state index in [1.807, 2.05) is 0 Å². The first kappa shape index (κ1) is 14.1. The van der Waals surface area contributed by atoms with E-state index in [9.17, 15) is 8.42 Å². The van der Waals surface area contributed by atoms with Crippen molar-refractivity contribution >= 4 is 10.0 Å². The fourth-order valence-electron chi connectivity index (χ4n) is 3.35. The van der Waals surface area contributed by atoms with Gasteiger partial charge in [-0.15, -0.1) is 0 Å². The quantitative estimate of drug-likeness (QED) is 0.850. The first-order valence-corrected chi connectivity index (χ1v) is 8.46. The van der Waals surface area contributed by atoms with Crippen LogP contribution in [0.2, 0.25) is 0 Å². The van der Waals surface area contributed by atoms with Crippen molar-refractivity contribution < 1.29 is 17.9 Å². The van der Waals surface area contributed by atoms with E-state index in [-0.39, 0.29) is 23.3 Å². The van der Waals surface area contributed by atoms with Gasteiger partial charge in [0.1, 0.15) is 23.0 Å². The zero-order chi connectivity index (χ0) is 14.3. The van der Waals surface area contributed by atoms with Crippen LogP contribution in [-0.4, -0.2) is 43.6 Å². The van der Waals surface area contributed by atoms with Crippen molar-refractivity contribution in [2.75, 3.05) is 13.1 Å². The van der Waals surface area contributed by atoms with Crippen molar-refractivity contribution in [1.82, 2.24) is 9.62 Å². The molecule has 3 rings (SSSR count). The Bertz CT molecular complexity index is 596. The molecule has 1 aromatic heterocycles. The largest absolute Gasteiger partial charge is 0.462 e. The highest BCUT2D eigenvalue weighted by molar-refractivity contribution is 7.89. The first-order valence-electron chi connectivity index (χ1n) is 6.98. The smallest absolute Gasteiger partial charge is 0.244 e. The molecule has 0 spiro atoms. The highest BCUT2D eigenvalue weighted by Gasteiger charge is 2.39. The zero-order valence-corrected chi connectivity index (χ0v) is 12.3. The van der Waals surface area contributed by atoms with E-state index in [1.54, 1.807) is 6.92 Å². The van der Waals surface area contributed by atoms with Gasteiger partial charge in [0.15, 0.2) is 0 Å². The van der Waals surface area contributed by atoms with E-state index in [0.29, 0.717) is 11.8 Å². The van der Waals surface area contributed by atoms with E-state index < -0.39 is 10.0 Å². The Hall–Kier alpha value is -0.890. The van der Waals surface area contributed by atoms with Crippen LogP contribution in [-0.2, 0) is 16.6 Å². The molecule has 0 radical (unpaired) electrons. The highest BCUT2D eigenvalue weighted by Crippen LogP contribution is 2.29. The number of aryl methyl sites for hydroxylation is 1. The van der Waals surface area contributed by atoms with Crippen LogP contribution in [0.25, 0.3) is 0 Å². The lowest BCUT2D eigenvalue weighted by Crippen LogP contribution is -2.42. The molecule has 0 aliphatic carbocycles. The predicted octanol–water partition coefficient (Wildman–Crippen LogP) is 0.595. The van der Waals surface area contributed by atoms with E-state index in [4.69, 9.17) is 9.52 Å². The van der Waals surface area contributed by atoms with Crippen LogP contribution < -0.4 is 4.72 Å². The van der Waals surface area contributed by atoms with Gasteiger partial charge in [-0.05, 0) is 32.7 Å². The fraction of sp³-hybridized carbons (Fsp3) is 0.692. The second-order valence-electron chi connectivity index (χ2n) is 5.55. The predicted molar refractivity (Wildman–Crippen MR) is 72.7 cm³/mol. The molecule has 0 aromatic carbocycles. The summed E-state index contributed by atoms with van der Waals surface area (Å²) >= 11 is 0. The van der Waals surface area contributed by atoms with Gasteiger partial charge in [0, 0.05) is 24.7 Å². The lowest BCUT2D eigenvalue weighted by atomic mass is 10.1. The van der Waals surface area contributed by atoms with Crippen molar-refractivity contribution in [2.24, 2.45) is 0 Å². The Morgan fingerprint density at radius 3 is 2.95 bits per heavy atom. The number of aliphatic hydroxyl groups excluding tert-OH is 1. The number of rotatable bonds is 4. The number of fused-ring (bicyclic) bond motifs is 1. The summed E-state index contributed by atoms with van der Waals surface area (Å²) in [5.74, 6) is 0.597. The highest BCUT2D eigenvalue weighted by atomic mass is 32.2. The third kappa shape index (κ3) is 2.39. The molecule has 2 fully saturated rings. The molecule has 3 heterocycles. The summed E-state index contributed by atoms with van der Waals surface area (Å²) in [6.07, 6.45) is 3.05. The second-order valence-corrected chi connectivity index (χ2v) is 7.24. The molecule has 0 amide bonds. The molecule has 2 aliphatic rings. The van der Waals surface area contributed by atoms with E-state index in [0.717, 1.165) is 32.4 Å². The van der Waals surface area contributed by atoms with Crippen LogP contribution in [0.4, 0.5) is 0 Å². The maximum Gasteiger partial charge on any atom is 0.244 e. The topological polar surface area (TPSA) is 82.8 Å². The van der Waals surface area contributed by atoms with Crippen LogP contribution in [0, 0.1) is 6.92 Å². The molecule has 112 valence electrons. The summed E-state index contributed by atoms with van der Waals surface area (Å²) in [4.78, 5) is 2.49. The Morgan fingerprint density at radius 2 is 2.25 bits per heavy atom. The number of aliphatic hydroxyl groups is 1. The average molecular weight is 300 g/mol. The molecule has 0 saturated carbocycles. The Labute approximate surface area is 118 Å². The van der Waals surface area contributed by atoms with Crippen molar-refractivity contribution in [2.45, 2.75) is 49.8 Å². The maximum atomic E-state index is 12.5. The minimum atomic E-state index is -3.58. The molecule has 7 heteroatoms. The Balaban J connectivity index is 1.80. The lowest BCUT2D eigenvalue weighted by Gasteiger charge is -2.20. The fourth-order valence-corrected chi connectivity index (χ4v) is 4.86. The van der Waals surface area contributed by atoms with Crippen LogP contribution in [0.15, 0.2) is 15.4 Å². The molecular formula is C13H20N2O4S. The normalized spacial score (nSPS) is 27.1. The van der Waals surface area contributed by atoms with E-state index in [1.165, 1.54) is 6.07 Å². The maximum absolute atomic E-state index is 12.5. The van der Waals surface area contributed by atoms with Crippen LogP contribution in [0.3, 0.4) is 0 Å². The van der Waals surface area contributed by atoms with Gasteiger partial charge < -0.3 is 9.52 Å². The van der Waals surface area contributed by atoms with Crippen molar-refractivity contribution in [1.29, 1.82) is 0 Å². The van der Waals surface area contributed by atoms with Gasteiger partial charge in [0.05, 0.1) is 0 Å². The summed E-state index contributed by atoms with van der Waals surface area (Å²) in [6.45, 7) is 3.34. The summed E-state index contributed by atoms with van der Waals surface area (Å²) in [5, 5.41) is 9.03. The Kier molecular flexibility index (Phi) is 3.62. The average Bonchev–Trinajstić information content (AvgIpc) is 3.06. The monoisotopic (exact) mass is 300 g/mol. The molecule has 2 unspecified atom stereocenters. The lowest BCUT2D eigenvalue weighted by molar-refractivity contribution is 0.244. The molecule has 2 aliphatic heterocycles. The van der Waals surface area contributed by atoms with E-state index >= 15 is 0 Å². The molecule has 2 atom stereocenters. The van der Waals surface area contributed by atoms with Crippen LogP contribution in [0.5, 0.6) is 0 Å². The van der Waals surface area contributed by atoms with Gasteiger partial charge in [0.25, 0.3) is 0 Å². The van der Waals surface area contributed by atoms with Crippen molar-refractivity contribution in [3.63, 3.8) is 0 Å². The first-order chi connectivity index (χ1) is 9.51. The molecular weight excluding hydrogens is 280 g/mol. The third-order valence-electron chi connectivity index (χ3n) is 4.28. The summed E-state index contributed by atoms with van der Waals surface area (Å²) < 4.78 is 32.9. The number of hydrogen-bond donors (Lipinski definition) is 2. The minimum Gasteiger partial charge on any atom is -0.462 e. The van der Waals surface area contributed by atoms with Gasteiger partial charge in [-0.3, -0.25) is 4.90 Å². The number of hydrogen-bond acceptors (Lipinski definition) is 5. The van der Waals surface area contributed by atoms with Gasteiger partial charge in [-0.25, -0.2) is 13.1 Å². The molecule has 6 nitrogen and oxygen atoms in total. The molecule has 2 N–H and O–H groups in total. The summed E-state index contributed by atoms with van der Waals surface area (Å²) in [6, 6.07) is 1.71. The second kappa shape index (κ2) is 5.14. The molecule has 0 bridgehead atoms. The molecule has 20 heavy (non-hydrogen) atoms. The third-order valence-corrected chi connectivity index (χ3v) is 5.88. The summed E-state index contributed by atoms with van der Waals surface area (Å²) in [5.41, 5.74) is 0.